The normalized spacial score (nSPS) is 21.9. The number of benzene rings is 2. The van der Waals surface area contributed by atoms with E-state index < -0.39 is 0 Å². The summed E-state index contributed by atoms with van der Waals surface area (Å²) in [5, 5.41) is 0.605. The number of likely N-dealkylation sites (tertiary alicyclic amines) is 1. The molecule has 1 atom stereocenters. The van der Waals surface area contributed by atoms with Gasteiger partial charge in [-0.1, -0.05) is 48.5 Å². The Kier molecular flexibility index (Phi) is 3.36. The highest BCUT2D eigenvalue weighted by molar-refractivity contribution is 8.00. The third kappa shape index (κ3) is 2.33. The fourth-order valence-corrected chi connectivity index (χ4v) is 4.87. The van der Waals surface area contributed by atoms with Gasteiger partial charge in [-0.15, -0.1) is 11.8 Å². The number of nitrogens with zero attached hydrogens (tertiary/aromatic N) is 1. The highest BCUT2D eigenvalue weighted by Gasteiger charge is 2.31. The van der Waals surface area contributed by atoms with Crippen LogP contribution in [0, 0.1) is 0 Å². The van der Waals surface area contributed by atoms with E-state index in [1.807, 2.05) is 11.8 Å². The van der Waals surface area contributed by atoms with E-state index in [9.17, 15) is 0 Å². The predicted octanol–water partition coefficient (Wildman–Crippen LogP) is 4.30. The van der Waals surface area contributed by atoms with Crippen molar-refractivity contribution in [2.45, 2.75) is 16.6 Å². The largest absolute Gasteiger partial charge is 0.305 e. The molecule has 2 heteroatoms. The van der Waals surface area contributed by atoms with Crippen LogP contribution in [0.3, 0.4) is 0 Å². The Morgan fingerprint density at radius 2 is 1.76 bits per heavy atom. The maximum absolute atomic E-state index is 2.46. The number of hydrogen-bond acceptors (Lipinski definition) is 2. The molecular formula is C19H19NS. The van der Waals surface area contributed by atoms with Gasteiger partial charge >= 0.3 is 0 Å². The van der Waals surface area contributed by atoms with Gasteiger partial charge in [-0.2, -0.15) is 0 Å². The molecule has 2 heterocycles. The van der Waals surface area contributed by atoms with Crippen LogP contribution in [0.25, 0.3) is 5.57 Å². The quantitative estimate of drug-likeness (QED) is 0.771. The van der Waals surface area contributed by atoms with Crippen LogP contribution in [-0.2, 0) is 0 Å². The van der Waals surface area contributed by atoms with Crippen LogP contribution in [-0.4, -0.2) is 30.3 Å². The molecule has 2 aliphatic rings. The second kappa shape index (κ2) is 5.36. The zero-order chi connectivity index (χ0) is 14.2. The van der Waals surface area contributed by atoms with Crippen molar-refractivity contribution in [3.8, 4) is 0 Å². The minimum Gasteiger partial charge on any atom is -0.305 e. The van der Waals surface area contributed by atoms with Crippen molar-refractivity contribution in [2.24, 2.45) is 0 Å². The summed E-state index contributed by atoms with van der Waals surface area (Å²) in [6.45, 7) is 2.33. The van der Waals surface area contributed by atoms with Gasteiger partial charge in [0.2, 0.25) is 0 Å². The molecule has 0 bridgehead atoms. The van der Waals surface area contributed by atoms with Gasteiger partial charge in [0.25, 0.3) is 0 Å². The molecule has 0 amide bonds. The van der Waals surface area contributed by atoms with E-state index in [1.165, 1.54) is 34.6 Å². The molecule has 0 saturated carbocycles. The molecule has 0 aromatic heterocycles. The Labute approximate surface area is 130 Å². The molecule has 0 radical (unpaired) electrons. The van der Waals surface area contributed by atoms with Gasteiger partial charge in [-0.25, -0.2) is 0 Å². The Balaban J connectivity index is 1.92. The minimum absolute atomic E-state index is 0.605. The molecule has 1 unspecified atom stereocenters. The van der Waals surface area contributed by atoms with Crippen LogP contribution in [0.2, 0.25) is 0 Å². The van der Waals surface area contributed by atoms with E-state index in [0.717, 1.165) is 6.54 Å². The lowest BCUT2D eigenvalue weighted by Crippen LogP contribution is -2.37. The molecule has 0 aliphatic carbocycles. The molecule has 0 spiro atoms. The summed E-state index contributed by atoms with van der Waals surface area (Å²) in [5.74, 6) is 0. The molecule has 0 N–H and O–H groups in total. The summed E-state index contributed by atoms with van der Waals surface area (Å²) >= 11 is 2.04. The maximum atomic E-state index is 2.46. The van der Waals surface area contributed by atoms with Gasteiger partial charge in [0.1, 0.15) is 0 Å². The molecule has 1 saturated heterocycles. The molecule has 21 heavy (non-hydrogen) atoms. The monoisotopic (exact) mass is 293 g/mol. The Bertz CT molecular complexity index is 690. The van der Waals surface area contributed by atoms with Crippen molar-refractivity contribution in [2.75, 3.05) is 20.1 Å². The fourth-order valence-electron chi connectivity index (χ4n) is 3.40. The number of fused-ring (bicyclic) bond motifs is 2. The number of thioether (sulfide) groups is 1. The van der Waals surface area contributed by atoms with Gasteiger partial charge in [0.05, 0.1) is 0 Å². The molecule has 2 aliphatic heterocycles. The van der Waals surface area contributed by atoms with E-state index in [0.29, 0.717) is 5.25 Å². The van der Waals surface area contributed by atoms with E-state index in [4.69, 9.17) is 0 Å². The van der Waals surface area contributed by atoms with Crippen LogP contribution in [0.5, 0.6) is 0 Å². The SMILES string of the molecule is CN1CCC2=C(c3ccccc3)c3ccccc3SC2C1. The lowest BCUT2D eigenvalue weighted by atomic mass is 9.87. The van der Waals surface area contributed by atoms with Gasteiger partial charge in [-0.05, 0) is 41.8 Å². The van der Waals surface area contributed by atoms with E-state index in [2.05, 4.69) is 66.5 Å². The highest BCUT2D eigenvalue weighted by Crippen LogP contribution is 2.46. The molecule has 2 aromatic rings. The first-order valence-electron chi connectivity index (χ1n) is 7.56. The number of piperidine rings is 1. The van der Waals surface area contributed by atoms with E-state index in [-0.39, 0.29) is 0 Å². The lowest BCUT2D eigenvalue weighted by Gasteiger charge is -2.37. The summed E-state index contributed by atoms with van der Waals surface area (Å²) < 4.78 is 0. The third-order valence-corrected chi connectivity index (χ3v) is 5.77. The number of hydrogen-bond donors (Lipinski definition) is 0. The molecule has 106 valence electrons. The smallest absolute Gasteiger partial charge is 0.0441 e. The second-order valence-corrected chi connectivity index (χ2v) is 7.13. The second-order valence-electron chi connectivity index (χ2n) is 5.88. The standard InChI is InChI=1S/C19H19NS/c1-20-12-11-16-18(13-20)21-17-10-6-5-9-15(17)19(16)14-7-3-2-4-8-14/h2-10,18H,11-13H2,1H3. The molecule has 1 fully saturated rings. The molecule has 4 rings (SSSR count). The average Bonchev–Trinajstić information content (AvgIpc) is 2.53. The fraction of sp³-hybridized carbons (Fsp3) is 0.263. The molecule has 1 nitrogen and oxygen atoms in total. The first-order chi connectivity index (χ1) is 10.3. The predicted molar refractivity (Wildman–Crippen MR) is 90.7 cm³/mol. The lowest BCUT2D eigenvalue weighted by molar-refractivity contribution is 0.317. The number of rotatable bonds is 1. The van der Waals surface area contributed by atoms with Crippen molar-refractivity contribution >= 4 is 17.3 Å². The zero-order valence-electron chi connectivity index (χ0n) is 12.3. The van der Waals surface area contributed by atoms with Crippen molar-refractivity contribution < 1.29 is 0 Å². The van der Waals surface area contributed by atoms with Crippen molar-refractivity contribution in [3.63, 3.8) is 0 Å². The molecule has 2 aromatic carbocycles. The van der Waals surface area contributed by atoms with Crippen LogP contribution in [0.4, 0.5) is 0 Å². The van der Waals surface area contributed by atoms with Crippen molar-refractivity contribution in [3.05, 3.63) is 71.3 Å². The Hall–Kier alpha value is -1.51. The minimum atomic E-state index is 0.605. The zero-order valence-corrected chi connectivity index (χ0v) is 13.1. The topological polar surface area (TPSA) is 3.24 Å². The first kappa shape index (κ1) is 13.2. The van der Waals surface area contributed by atoms with E-state index >= 15 is 0 Å². The van der Waals surface area contributed by atoms with E-state index in [1.54, 1.807) is 5.57 Å². The summed E-state index contributed by atoms with van der Waals surface area (Å²) in [6, 6.07) is 19.8. The van der Waals surface area contributed by atoms with Crippen LogP contribution >= 0.6 is 11.8 Å². The summed E-state index contributed by atoms with van der Waals surface area (Å²) in [6.07, 6.45) is 1.19. The summed E-state index contributed by atoms with van der Waals surface area (Å²) in [4.78, 5) is 3.89. The van der Waals surface area contributed by atoms with Crippen LogP contribution in [0.15, 0.2) is 65.1 Å². The van der Waals surface area contributed by atoms with Gasteiger partial charge < -0.3 is 4.90 Å². The van der Waals surface area contributed by atoms with Crippen molar-refractivity contribution in [1.29, 1.82) is 0 Å². The van der Waals surface area contributed by atoms with Crippen molar-refractivity contribution in [1.82, 2.24) is 4.90 Å². The van der Waals surface area contributed by atoms with Gasteiger partial charge in [-0.3, -0.25) is 0 Å². The summed E-state index contributed by atoms with van der Waals surface area (Å²) in [7, 11) is 2.24. The van der Waals surface area contributed by atoms with Crippen LogP contribution in [0.1, 0.15) is 17.5 Å². The third-order valence-electron chi connectivity index (χ3n) is 4.44. The van der Waals surface area contributed by atoms with Gasteiger partial charge in [0, 0.05) is 23.2 Å². The average molecular weight is 293 g/mol. The maximum Gasteiger partial charge on any atom is 0.0441 e. The Morgan fingerprint density at radius 1 is 1.00 bits per heavy atom. The van der Waals surface area contributed by atoms with Crippen LogP contribution < -0.4 is 0 Å². The molecular weight excluding hydrogens is 274 g/mol. The highest BCUT2D eigenvalue weighted by atomic mass is 32.2. The Morgan fingerprint density at radius 3 is 2.62 bits per heavy atom. The first-order valence-corrected chi connectivity index (χ1v) is 8.44. The van der Waals surface area contributed by atoms with Gasteiger partial charge in [0.15, 0.2) is 0 Å². The summed E-state index contributed by atoms with van der Waals surface area (Å²) in [5.41, 5.74) is 5.92.